The number of hydrogen-bond donors (Lipinski definition) is 8. The summed E-state index contributed by atoms with van der Waals surface area (Å²) in [5.74, 6) is -2.42. The second kappa shape index (κ2) is 10.7. The van der Waals surface area contributed by atoms with Gasteiger partial charge >= 0.3 is 0 Å². The highest BCUT2D eigenvalue weighted by Gasteiger charge is 2.82. The summed E-state index contributed by atoms with van der Waals surface area (Å²) in [6.07, 6.45) is -1.81. The van der Waals surface area contributed by atoms with E-state index in [0.29, 0.717) is 29.5 Å². The second-order valence-corrected chi connectivity index (χ2v) is 14.3. The molecule has 0 unspecified atom stereocenters. The predicted molar refractivity (Wildman–Crippen MR) is 168 cm³/mol. The number of amides is 2. The van der Waals surface area contributed by atoms with Crippen LogP contribution in [0.4, 0.5) is 0 Å². The van der Waals surface area contributed by atoms with Crippen molar-refractivity contribution < 1.29 is 19.4 Å². The first kappa shape index (κ1) is 30.2. The molecule has 19 heteroatoms. The van der Waals surface area contributed by atoms with Crippen LogP contribution >= 0.6 is 75.3 Å². The third kappa shape index (κ3) is 4.27. The molecule has 1 spiro atoms. The van der Waals surface area contributed by atoms with Crippen LogP contribution in [-0.2, 0) is 4.74 Å². The van der Waals surface area contributed by atoms with E-state index in [9.17, 15) is 14.7 Å². The van der Waals surface area contributed by atoms with Crippen molar-refractivity contribution >= 4 is 99.1 Å². The molecule has 0 bridgehead atoms. The lowest BCUT2D eigenvalue weighted by atomic mass is 9.77. The fourth-order valence-electron chi connectivity index (χ4n) is 6.97. The van der Waals surface area contributed by atoms with Crippen LogP contribution in [0, 0.1) is 17.8 Å². The van der Waals surface area contributed by atoms with Gasteiger partial charge in [-0.2, -0.15) is 0 Å². The number of alkyl halides is 1. The van der Waals surface area contributed by atoms with Crippen LogP contribution in [0.2, 0.25) is 0 Å². The number of guanidine groups is 2. The summed E-state index contributed by atoms with van der Waals surface area (Å²) < 4.78 is 8.42. The molecule has 1 saturated heterocycles. The number of nitrogens with two attached hydrogens (primary N) is 2. The third-order valence-corrected chi connectivity index (χ3v) is 12.7. The fraction of sp³-hybridized carbons (Fsp3) is 0.478. The Hall–Kier alpha value is -1.83. The van der Waals surface area contributed by atoms with Crippen LogP contribution < -0.4 is 27.4 Å². The second-order valence-electron chi connectivity index (χ2n) is 10.5. The van der Waals surface area contributed by atoms with Crippen LogP contribution in [0.1, 0.15) is 21.0 Å². The maximum absolute atomic E-state index is 13.2. The molecule has 226 valence electrons. The number of carbonyl (C=O) groups excluding carboxylic acids is 2. The summed E-state index contributed by atoms with van der Waals surface area (Å²) in [6.45, 7) is 0.171. The maximum atomic E-state index is 13.2. The molecule has 2 aromatic heterocycles. The number of hydrogen-bond acceptors (Lipinski definition) is 10. The Kier molecular flexibility index (Phi) is 7.67. The SMILES string of the molecule is CO[C@H]1N=C(N)N2[C@H]3N=C(N)N[C@@]3(O)[C@@H]3[C@@H](CNC(=O)c4cc(Br)c(Br)[nH]4)[C@H](CNC(=O)c4cc(Br)c(Br)[nH]4)[C@@H](Cl)[C@]132. The number of H-pyrrole nitrogens is 2. The van der Waals surface area contributed by atoms with E-state index < -0.39 is 46.8 Å². The van der Waals surface area contributed by atoms with Gasteiger partial charge in [-0.3, -0.25) is 9.59 Å². The first-order chi connectivity index (χ1) is 19.8. The van der Waals surface area contributed by atoms with E-state index in [2.05, 4.69) is 99.6 Å². The Morgan fingerprint density at radius 1 is 1.05 bits per heavy atom. The van der Waals surface area contributed by atoms with Crippen molar-refractivity contribution in [2.75, 3.05) is 20.2 Å². The molecule has 2 fully saturated rings. The lowest BCUT2D eigenvalue weighted by Gasteiger charge is -2.40. The molecule has 3 aliphatic heterocycles. The van der Waals surface area contributed by atoms with Gasteiger partial charge in [0.1, 0.15) is 16.9 Å². The number of aromatic amines is 2. The zero-order chi connectivity index (χ0) is 30.3. The molecule has 0 aromatic carbocycles. The van der Waals surface area contributed by atoms with Gasteiger partial charge in [-0.1, -0.05) is 0 Å². The molecular weight excluding hydrogens is 835 g/mol. The third-order valence-electron chi connectivity index (χ3n) is 8.46. The smallest absolute Gasteiger partial charge is 0.267 e. The fourth-order valence-corrected chi connectivity index (χ4v) is 8.91. The van der Waals surface area contributed by atoms with E-state index >= 15 is 0 Å². The number of nitrogens with zero attached hydrogens (tertiary/aromatic N) is 3. The number of aliphatic hydroxyl groups is 1. The molecule has 0 radical (unpaired) electrons. The van der Waals surface area contributed by atoms with Gasteiger partial charge in [0.25, 0.3) is 11.8 Å². The summed E-state index contributed by atoms with van der Waals surface area (Å²) in [4.78, 5) is 42.9. The van der Waals surface area contributed by atoms with Crippen LogP contribution in [0.3, 0.4) is 0 Å². The van der Waals surface area contributed by atoms with Crippen molar-refractivity contribution in [3.8, 4) is 0 Å². The van der Waals surface area contributed by atoms with Crippen LogP contribution in [-0.4, -0.2) is 92.9 Å². The minimum atomic E-state index is -1.73. The van der Waals surface area contributed by atoms with Crippen LogP contribution in [0.25, 0.3) is 0 Å². The molecule has 8 atom stereocenters. The molecule has 1 aliphatic carbocycles. The number of ether oxygens (including phenoxy) is 1. The Morgan fingerprint density at radius 3 is 2.10 bits per heavy atom. The van der Waals surface area contributed by atoms with Crippen LogP contribution in [0.5, 0.6) is 0 Å². The average molecular weight is 861 g/mol. The number of carbonyl (C=O) groups is 2. The minimum Gasteiger partial charge on any atom is -0.370 e. The Balaban J connectivity index is 1.37. The van der Waals surface area contributed by atoms with Gasteiger partial charge in [-0.15, -0.1) is 11.6 Å². The van der Waals surface area contributed by atoms with Gasteiger partial charge in [0, 0.05) is 32.0 Å². The summed E-state index contributed by atoms with van der Waals surface area (Å²) >= 11 is 20.8. The van der Waals surface area contributed by atoms with Gasteiger partial charge < -0.3 is 52.1 Å². The average Bonchev–Trinajstić information content (AvgIpc) is 3.71. The number of nitrogens with one attached hydrogen (secondary N) is 5. The highest BCUT2D eigenvalue weighted by Crippen LogP contribution is 2.64. The number of aromatic nitrogens is 2. The first-order valence-electron chi connectivity index (χ1n) is 12.6. The molecule has 2 aromatic rings. The molecule has 10 N–H and O–H groups in total. The van der Waals surface area contributed by atoms with Crippen molar-refractivity contribution in [3.63, 3.8) is 0 Å². The van der Waals surface area contributed by atoms with Gasteiger partial charge in [0.15, 0.2) is 30.0 Å². The van der Waals surface area contributed by atoms with Crippen molar-refractivity contribution in [3.05, 3.63) is 41.7 Å². The molecular formula is C23H25Br4ClN10O4. The standard InChI is InChI=1S/C23H25Br4ClN10O4/c1-42-19-22-12(23(41)18(35-20(29)37-23)38(22)21(30)36-19)6(4-31-16(39)10-2-8(24)14(26)33-10)7(13(22)28)5-32-17(40)11-3-9(25)15(27)34-11/h2-3,6-7,12-13,18-19,33-34,41H,4-5H2,1H3,(H2,30,36)(H,31,39)(H,32,40)(H3,29,35,37)/t6-,7-,12+,13+,18+,19+,22-,23+/m0/s1. The molecule has 1 saturated carbocycles. The van der Waals surface area contributed by atoms with Gasteiger partial charge in [-0.05, 0) is 81.8 Å². The quantitative estimate of drug-likeness (QED) is 0.190. The Morgan fingerprint density at radius 2 is 1.60 bits per heavy atom. The lowest BCUT2D eigenvalue weighted by Crippen LogP contribution is -2.61. The van der Waals surface area contributed by atoms with E-state index in [1.165, 1.54) is 7.11 Å². The Bertz CT molecular complexity index is 1500. The predicted octanol–water partition coefficient (Wildman–Crippen LogP) is 1.31. The highest BCUT2D eigenvalue weighted by atomic mass is 79.9. The largest absolute Gasteiger partial charge is 0.370 e. The van der Waals surface area contributed by atoms with E-state index in [-0.39, 0.29) is 36.8 Å². The van der Waals surface area contributed by atoms with E-state index in [0.717, 1.165) is 0 Å². The number of methoxy groups -OCH3 is 1. The minimum absolute atomic E-state index is 0.0272. The Labute approximate surface area is 277 Å². The maximum Gasteiger partial charge on any atom is 0.267 e. The summed E-state index contributed by atoms with van der Waals surface area (Å²) in [6, 6.07) is 3.29. The topological polar surface area (TPSA) is 211 Å². The molecule has 42 heavy (non-hydrogen) atoms. The normalized spacial score (nSPS) is 34.4. The summed E-state index contributed by atoms with van der Waals surface area (Å²) in [5.41, 5.74) is 10.2. The summed E-state index contributed by atoms with van der Waals surface area (Å²) in [5, 5.41) is 20.3. The van der Waals surface area contributed by atoms with Crippen molar-refractivity contribution in [2.24, 2.45) is 39.2 Å². The van der Waals surface area contributed by atoms with E-state index in [1.54, 1.807) is 17.0 Å². The summed E-state index contributed by atoms with van der Waals surface area (Å²) in [7, 11) is 1.48. The molecule has 4 aliphatic rings. The molecule has 14 nitrogen and oxygen atoms in total. The van der Waals surface area contributed by atoms with E-state index in [1.807, 2.05) is 0 Å². The van der Waals surface area contributed by atoms with Crippen LogP contribution in [0.15, 0.2) is 40.3 Å². The van der Waals surface area contributed by atoms with Crippen molar-refractivity contribution in [1.29, 1.82) is 0 Å². The van der Waals surface area contributed by atoms with Gasteiger partial charge in [-0.25, -0.2) is 9.98 Å². The zero-order valence-corrected chi connectivity index (χ0v) is 28.7. The van der Waals surface area contributed by atoms with E-state index in [4.69, 9.17) is 27.8 Å². The number of halogens is 5. The van der Waals surface area contributed by atoms with Crippen molar-refractivity contribution in [1.82, 2.24) is 30.8 Å². The molecule has 5 heterocycles. The number of fused-ring (bicyclic) bond motifs is 3. The van der Waals surface area contributed by atoms with Gasteiger partial charge in [0.05, 0.1) is 23.5 Å². The van der Waals surface area contributed by atoms with Gasteiger partial charge in [0.2, 0.25) is 0 Å². The number of rotatable bonds is 7. The molecule has 2 amide bonds. The number of aliphatic imine (C=N–C) groups is 2. The zero-order valence-electron chi connectivity index (χ0n) is 21.6. The molecule has 6 rings (SSSR count). The lowest BCUT2D eigenvalue weighted by molar-refractivity contribution is -0.0613. The monoisotopic (exact) mass is 856 g/mol. The first-order valence-corrected chi connectivity index (χ1v) is 16.2. The highest BCUT2D eigenvalue weighted by molar-refractivity contribution is 9.13. The van der Waals surface area contributed by atoms with Crippen molar-refractivity contribution in [2.45, 2.75) is 29.0 Å².